The Balaban J connectivity index is 1.45. The molecule has 8 heteroatoms. The molecule has 0 aromatic heterocycles. The first-order chi connectivity index (χ1) is 13.6. The van der Waals surface area contributed by atoms with Gasteiger partial charge in [0.25, 0.3) is 5.91 Å². The minimum Gasteiger partial charge on any atom is -0.482 e. The average molecular weight is 388 g/mol. The third-order valence-electron chi connectivity index (χ3n) is 5.02. The van der Waals surface area contributed by atoms with Crippen molar-refractivity contribution in [2.45, 2.75) is 19.8 Å². The van der Waals surface area contributed by atoms with Crippen molar-refractivity contribution in [2.75, 3.05) is 57.3 Å². The van der Waals surface area contributed by atoms with E-state index < -0.39 is 0 Å². The van der Waals surface area contributed by atoms with Crippen LogP contribution in [0.5, 0.6) is 5.75 Å². The fourth-order valence-electron chi connectivity index (χ4n) is 3.44. The minimum atomic E-state index is -0.130. The predicted octanol–water partition coefficient (Wildman–Crippen LogP) is 0.473. The van der Waals surface area contributed by atoms with Crippen molar-refractivity contribution in [3.8, 4) is 5.75 Å². The summed E-state index contributed by atoms with van der Waals surface area (Å²) >= 11 is 0. The van der Waals surface area contributed by atoms with Crippen LogP contribution in [0, 0.1) is 0 Å². The molecule has 0 spiro atoms. The zero-order valence-electron chi connectivity index (χ0n) is 16.4. The van der Waals surface area contributed by atoms with E-state index >= 15 is 0 Å². The van der Waals surface area contributed by atoms with Gasteiger partial charge in [0.05, 0.1) is 12.2 Å². The van der Waals surface area contributed by atoms with Crippen LogP contribution >= 0.6 is 0 Å². The highest BCUT2D eigenvalue weighted by molar-refractivity contribution is 5.98. The second kappa shape index (κ2) is 9.54. The first-order valence-electron chi connectivity index (χ1n) is 9.87. The lowest BCUT2D eigenvalue weighted by atomic mass is 10.2. The van der Waals surface area contributed by atoms with Gasteiger partial charge >= 0.3 is 0 Å². The summed E-state index contributed by atoms with van der Waals surface area (Å²) in [5, 5.41) is 2.87. The topological polar surface area (TPSA) is 82.2 Å². The Morgan fingerprint density at radius 2 is 1.89 bits per heavy atom. The molecule has 1 aromatic rings. The van der Waals surface area contributed by atoms with Gasteiger partial charge in [0, 0.05) is 45.7 Å². The predicted molar refractivity (Wildman–Crippen MR) is 105 cm³/mol. The number of anilines is 1. The molecule has 0 bridgehead atoms. The maximum absolute atomic E-state index is 12.6. The van der Waals surface area contributed by atoms with Crippen molar-refractivity contribution in [1.29, 1.82) is 0 Å². The molecule has 2 aliphatic rings. The summed E-state index contributed by atoms with van der Waals surface area (Å²) < 4.78 is 5.43. The summed E-state index contributed by atoms with van der Waals surface area (Å²) in [6.45, 7) is 6.02. The molecule has 0 atom stereocenters. The lowest BCUT2D eigenvalue weighted by molar-refractivity contribution is -0.133. The summed E-state index contributed by atoms with van der Waals surface area (Å²) in [4.78, 5) is 42.1. The molecule has 8 nitrogen and oxygen atoms in total. The third-order valence-corrected chi connectivity index (χ3v) is 5.02. The molecule has 1 saturated heterocycles. The van der Waals surface area contributed by atoms with Crippen LogP contribution in [0.4, 0.5) is 5.69 Å². The normalized spacial score (nSPS) is 17.1. The highest BCUT2D eigenvalue weighted by atomic mass is 16.5. The summed E-state index contributed by atoms with van der Waals surface area (Å²) in [5.41, 5.74) is 0.717. The molecule has 28 heavy (non-hydrogen) atoms. The number of hydrogen-bond acceptors (Lipinski definition) is 5. The van der Waals surface area contributed by atoms with Crippen molar-refractivity contribution >= 4 is 23.4 Å². The number of carbonyl (C=O) groups excluding carboxylic acids is 3. The molecule has 1 aromatic carbocycles. The first-order valence-corrected chi connectivity index (χ1v) is 9.87. The lowest BCUT2D eigenvalue weighted by Crippen LogP contribution is -2.51. The van der Waals surface area contributed by atoms with Crippen molar-refractivity contribution in [2.24, 2.45) is 0 Å². The van der Waals surface area contributed by atoms with E-state index in [0.29, 0.717) is 51.6 Å². The van der Waals surface area contributed by atoms with Gasteiger partial charge in [-0.1, -0.05) is 19.1 Å². The fraction of sp³-hybridized carbons (Fsp3) is 0.550. The molecule has 0 aliphatic carbocycles. The second-order valence-electron chi connectivity index (χ2n) is 7.06. The van der Waals surface area contributed by atoms with Gasteiger partial charge in [0.2, 0.25) is 11.8 Å². The first kappa shape index (κ1) is 20.1. The van der Waals surface area contributed by atoms with E-state index in [-0.39, 0.29) is 30.7 Å². The zero-order chi connectivity index (χ0) is 19.9. The van der Waals surface area contributed by atoms with Crippen LogP contribution in [-0.2, 0) is 14.4 Å². The molecule has 0 saturated carbocycles. The Kier molecular flexibility index (Phi) is 6.86. The van der Waals surface area contributed by atoms with Crippen molar-refractivity contribution in [3.05, 3.63) is 24.3 Å². The van der Waals surface area contributed by atoms with Crippen LogP contribution in [0.25, 0.3) is 0 Å². The van der Waals surface area contributed by atoms with Crippen molar-refractivity contribution in [1.82, 2.24) is 15.1 Å². The maximum Gasteiger partial charge on any atom is 0.265 e. The average Bonchev–Trinajstić information content (AvgIpc) is 2.72. The Bertz CT molecular complexity index is 716. The number of piperazine rings is 1. The number of carbonyl (C=O) groups is 3. The molecule has 3 amide bonds. The van der Waals surface area contributed by atoms with E-state index in [2.05, 4.69) is 10.2 Å². The number of amides is 3. The van der Waals surface area contributed by atoms with Crippen LogP contribution in [0.1, 0.15) is 19.8 Å². The maximum atomic E-state index is 12.6. The monoisotopic (exact) mass is 388 g/mol. The Labute approximate surface area is 165 Å². The summed E-state index contributed by atoms with van der Waals surface area (Å²) in [5.74, 6) is 0.608. The van der Waals surface area contributed by atoms with E-state index in [1.54, 1.807) is 4.90 Å². The van der Waals surface area contributed by atoms with E-state index in [4.69, 9.17) is 4.74 Å². The highest BCUT2D eigenvalue weighted by Crippen LogP contribution is 2.31. The molecule has 1 N–H and O–H groups in total. The molecule has 2 heterocycles. The number of benzene rings is 1. The van der Waals surface area contributed by atoms with Crippen LogP contribution in [0.2, 0.25) is 0 Å². The molecule has 152 valence electrons. The van der Waals surface area contributed by atoms with Crippen molar-refractivity contribution < 1.29 is 19.1 Å². The van der Waals surface area contributed by atoms with Gasteiger partial charge in [0.1, 0.15) is 5.75 Å². The molecule has 1 fully saturated rings. The van der Waals surface area contributed by atoms with Gasteiger partial charge in [-0.05, 0) is 18.6 Å². The molecule has 3 rings (SSSR count). The molecule has 2 aliphatic heterocycles. The second-order valence-corrected chi connectivity index (χ2v) is 7.06. The van der Waals surface area contributed by atoms with Crippen molar-refractivity contribution in [3.63, 3.8) is 0 Å². The van der Waals surface area contributed by atoms with Crippen LogP contribution in [0.3, 0.4) is 0 Å². The minimum absolute atomic E-state index is 0.00394. The van der Waals surface area contributed by atoms with Gasteiger partial charge in [-0.25, -0.2) is 0 Å². The summed E-state index contributed by atoms with van der Waals surface area (Å²) in [7, 11) is 0. The molecular formula is C20H28N4O4. The number of nitrogens with zero attached hydrogens (tertiary/aromatic N) is 3. The van der Waals surface area contributed by atoms with Gasteiger partial charge in [-0.3, -0.25) is 19.3 Å². The van der Waals surface area contributed by atoms with Gasteiger partial charge < -0.3 is 19.9 Å². The third kappa shape index (κ3) is 5.01. The molecule has 0 unspecified atom stereocenters. The van der Waals surface area contributed by atoms with Crippen LogP contribution < -0.4 is 15.0 Å². The Morgan fingerprint density at radius 3 is 2.64 bits per heavy atom. The van der Waals surface area contributed by atoms with E-state index in [0.717, 1.165) is 12.1 Å². The number of para-hydroxylation sites is 2. The standard InChI is InChI=1S/C20H28N4O4/c1-2-8-21-18(25)14-22-10-12-23(13-11-22)19(26)7-9-24-16-5-3-4-6-17(16)28-15-20(24)27/h3-6H,2,7-15H2,1H3,(H,21,25). The van der Waals surface area contributed by atoms with E-state index in [9.17, 15) is 14.4 Å². The number of nitrogens with one attached hydrogen (secondary N) is 1. The van der Waals surface area contributed by atoms with E-state index in [1.807, 2.05) is 36.1 Å². The van der Waals surface area contributed by atoms with Crippen LogP contribution in [0.15, 0.2) is 24.3 Å². The smallest absolute Gasteiger partial charge is 0.265 e. The Morgan fingerprint density at radius 1 is 1.14 bits per heavy atom. The molecular weight excluding hydrogens is 360 g/mol. The number of ether oxygens (including phenoxy) is 1. The summed E-state index contributed by atoms with van der Waals surface area (Å²) in [6.07, 6.45) is 1.20. The SMILES string of the molecule is CCCNC(=O)CN1CCN(C(=O)CCN2C(=O)COc3ccccc32)CC1. The van der Waals surface area contributed by atoms with Crippen LogP contribution in [-0.4, -0.2) is 79.9 Å². The summed E-state index contributed by atoms with van der Waals surface area (Å²) in [6, 6.07) is 7.37. The number of rotatable bonds is 7. The fourth-order valence-corrected chi connectivity index (χ4v) is 3.44. The van der Waals surface area contributed by atoms with Gasteiger partial charge in [0.15, 0.2) is 6.61 Å². The zero-order valence-corrected chi connectivity index (χ0v) is 16.4. The van der Waals surface area contributed by atoms with Gasteiger partial charge in [-0.2, -0.15) is 0 Å². The number of fused-ring (bicyclic) bond motifs is 1. The Hall–Kier alpha value is -2.61. The largest absolute Gasteiger partial charge is 0.482 e. The number of hydrogen-bond donors (Lipinski definition) is 1. The van der Waals surface area contributed by atoms with E-state index in [1.165, 1.54) is 0 Å². The van der Waals surface area contributed by atoms with Gasteiger partial charge in [-0.15, -0.1) is 0 Å². The highest BCUT2D eigenvalue weighted by Gasteiger charge is 2.27. The lowest BCUT2D eigenvalue weighted by Gasteiger charge is -2.35. The molecule has 0 radical (unpaired) electrons. The quantitative estimate of drug-likeness (QED) is 0.734.